The van der Waals surface area contributed by atoms with Gasteiger partial charge in [0.05, 0.1) is 63.5 Å². The van der Waals surface area contributed by atoms with Gasteiger partial charge in [-0.3, -0.25) is 42.8 Å². The monoisotopic (exact) mass is 1770 g/mol. The summed E-state index contributed by atoms with van der Waals surface area (Å²) in [7, 11) is -18.6. The molecule has 5 heterocycles. The van der Waals surface area contributed by atoms with Crippen LogP contribution in [0.15, 0.2) is 322 Å². The first-order valence-corrected chi connectivity index (χ1v) is 46.8. The summed E-state index contributed by atoms with van der Waals surface area (Å²) in [5.41, 5.74) is 11.2. The average molecular weight is 1770 g/mol. The molecule has 1 saturated heterocycles. The first-order valence-electron chi connectivity index (χ1n) is 37.4. The van der Waals surface area contributed by atoms with E-state index < -0.39 is 56.3 Å². The fourth-order valence-electron chi connectivity index (χ4n) is 12.4. The molecule has 14 aromatic rings. The number of hydrogen-bond donors (Lipinski definition) is 7. The Balaban J connectivity index is 0.000000149. The van der Waals surface area contributed by atoms with E-state index in [1.165, 1.54) is 86.5 Å². The van der Waals surface area contributed by atoms with Crippen molar-refractivity contribution in [1.29, 1.82) is 0 Å². The lowest BCUT2D eigenvalue weighted by Gasteiger charge is -2.19. The van der Waals surface area contributed by atoms with Crippen molar-refractivity contribution in [2.24, 2.45) is 0 Å². The Hall–Kier alpha value is -13.1. The van der Waals surface area contributed by atoms with Gasteiger partial charge in [0.25, 0.3) is 30.1 Å². The maximum absolute atomic E-state index is 12.5. The molecule has 626 valence electrons. The number of Topliss-reactive ketones (excluding diaryl/α,β-unsaturated/α-hetero) is 4. The number of carbonyl (C=O) groups excluding carboxylic acids is 4. The molecule has 15 rings (SSSR count). The SMILES string of the molecule is CC(=O)c1ccc(-c2ccccc2)cc1NS(=O)(=O)N1CCCC1.CC(=O)c1ccc(-c2ccccc2)cc1NS(=O)(=O)c1cccs1.CC(=O)c1ccc(-c2ccccc2)cc1NS(=O)(=O)c1ccsc1.CC(=O)c1ccc(-c2ccccc2)cc1NS(=O)(=O)c1cnc[nH]1.O=C(O)c1ccc(-c2ccccc2)cc1NS(=O)(=O)CCn1ccnc1. The van der Waals surface area contributed by atoms with Crippen LogP contribution in [0, 0.1) is 0 Å². The highest BCUT2D eigenvalue weighted by molar-refractivity contribution is 7.95. The largest absolute Gasteiger partial charge is 0.478 e. The second-order valence-corrected chi connectivity index (χ2v) is 37.7. The molecule has 0 amide bonds. The van der Waals surface area contributed by atoms with Crippen LogP contribution in [0.4, 0.5) is 28.4 Å². The second kappa shape index (κ2) is 40.8. The Bertz CT molecular complexity index is 6210. The number of sulfonamides is 4. The molecule has 0 spiro atoms. The lowest BCUT2D eigenvalue weighted by atomic mass is 10.0. The van der Waals surface area contributed by atoms with Gasteiger partial charge < -0.3 is 14.7 Å². The number of imidazole rings is 2. The molecule has 0 aliphatic carbocycles. The predicted octanol–water partition coefficient (Wildman–Crippen LogP) is 17.9. The van der Waals surface area contributed by atoms with Gasteiger partial charge in [-0.1, -0.05) is 188 Å². The number of rotatable bonds is 27. The van der Waals surface area contributed by atoms with E-state index in [0.29, 0.717) is 41.0 Å². The van der Waals surface area contributed by atoms with Crippen LogP contribution in [0.5, 0.6) is 0 Å². The number of H-pyrrole nitrogens is 1. The molecular weight excluding hydrogens is 1690 g/mol. The number of carbonyl (C=O) groups is 5. The second-order valence-electron chi connectivity index (χ2n) is 27.2. The molecule has 0 atom stereocenters. The molecule has 122 heavy (non-hydrogen) atoms. The zero-order chi connectivity index (χ0) is 87.2. The van der Waals surface area contributed by atoms with E-state index in [4.69, 9.17) is 0 Å². The molecule has 7 N–H and O–H groups in total. The van der Waals surface area contributed by atoms with E-state index in [1.807, 2.05) is 170 Å². The summed E-state index contributed by atoms with van der Waals surface area (Å²) in [6.07, 6.45) is 8.96. The number of benzene rings is 10. The van der Waals surface area contributed by atoms with E-state index in [0.717, 1.165) is 79.8 Å². The number of nitrogens with zero attached hydrogens (tertiary/aromatic N) is 4. The molecule has 33 heteroatoms. The molecule has 4 aromatic heterocycles. The van der Waals surface area contributed by atoms with Gasteiger partial charge in [-0.25, -0.2) is 40.0 Å². The van der Waals surface area contributed by atoms with Crippen molar-refractivity contribution in [3.63, 3.8) is 0 Å². The van der Waals surface area contributed by atoms with Crippen LogP contribution in [-0.2, 0) is 56.8 Å². The summed E-state index contributed by atoms with van der Waals surface area (Å²) in [6.45, 7) is 6.92. The van der Waals surface area contributed by atoms with Gasteiger partial charge in [0.1, 0.15) is 4.21 Å². The fourth-order valence-corrected chi connectivity index (χ4v) is 19.9. The van der Waals surface area contributed by atoms with Gasteiger partial charge >= 0.3 is 16.2 Å². The molecule has 1 fully saturated rings. The number of thiophene rings is 2. The molecule has 1 aliphatic rings. The summed E-state index contributed by atoms with van der Waals surface area (Å²) in [6, 6.07) is 77.6. The van der Waals surface area contributed by atoms with Crippen LogP contribution in [0.25, 0.3) is 55.6 Å². The van der Waals surface area contributed by atoms with E-state index >= 15 is 0 Å². The number of aromatic nitrogens is 4. The Kier molecular flexibility index (Phi) is 30.0. The van der Waals surface area contributed by atoms with Crippen molar-refractivity contribution >= 4 is 131 Å². The first kappa shape index (κ1) is 89.7. The van der Waals surface area contributed by atoms with Gasteiger partial charge in [0, 0.05) is 59.7 Å². The summed E-state index contributed by atoms with van der Waals surface area (Å²) in [5, 5.41) is 14.2. The van der Waals surface area contributed by atoms with E-state index in [-0.39, 0.29) is 77.9 Å². The lowest BCUT2D eigenvalue weighted by molar-refractivity contribution is 0.0696. The minimum atomic E-state index is -3.85. The number of aromatic amines is 1. The van der Waals surface area contributed by atoms with Crippen LogP contribution >= 0.6 is 22.7 Å². The van der Waals surface area contributed by atoms with E-state index in [2.05, 4.69) is 38.6 Å². The van der Waals surface area contributed by atoms with Crippen molar-refractivity contribution in [3.05, 3.63) is 336 Å². The van der Waals surface area contributed by atoms with E-state index in [9.17, 15) is 71.2 Å². The maximum Gasteiger partial charge on any atom is 0.337 e. The predicted molar refractivity (Wildman–Crippen MR) is 479 cm³/mol. The lowest BCUT2D eigenvalue weighted by Crippen LogP contribution is -2.33. The summed E-state index contributed by atoms with van der Waals surface area (Å²) in [4.78, 5) is 69.2. The third-order valence-corrected chi connectivity index (χ3v) is 27.6. The third kappa shape index (κ3) is 24.3. The van der Waals surface area contributed by atoms with Crippen LogP contribution in [0.2, 0.25) is 0 Å². The highest BCUT2D eigenvalue weighted by Gasteiger charge is 2.28. The minimum Gasteiger partial charge on any atom is -0.478 e. The average Bonchev–Trinajstić information content (AvgIpc) is 1.73. The van der Waals surface area contributed by atoms with Gasteiger partial charge in [-0.05, 0) is 180 Å². The molecule has 26 nitrogen and oxygen atoms in total. The molecule has 0 saturated carbocycles. The highest BCUT2D eigenvalue weighted by Crippen LogP contribution is 2.35. The molecule has 0 unspecified atom stereocenters. The number of aromatic carboxylic acids is 1. The summed E-state index contributed by atoms with van der Waals surface area (Å²) >= 11 is 2.43. The van der Waals surface area contributed by atoms with Gasteiger partial charge in [-0.15, -0.1) is 11.3 Å². The topological polar surface area (TPSA) is 386 Å². The van der Waals surface area contributed by atoms with Crippen molar-refractivity contribution in [1.82, 2.24) is 23.8 Å². The van der Waals surface area contributed by atoms with E-state index in [1.54, 1.807) is 99.8 Å². The number of nitrogens with one attached hydrogen (secondary N) is 6. The summed E-state index contributed by atoms with van der Waals surface area (Å²) < 4.78 is 140. The van der Waals surface area contributed by atoms with Crippen molar-refractivity contribution < 1.29 is 71.2 Å². The quantitative estimate of drug-likeness (QED) is 0.0235. The van der Waals surface area contributed by atoms with Crippen LogP contribution in [0.1, 0.15) is 92.3 Å². The number of hydrogen-bond acceptors (Lipinski definition) is 19. The van der Waals surface area contributed by atoms with Crippen molar-refractivity contribution in [3.8, 4) is 55.6 Å². The maximum atomic E-state index is 12.5. The Labute approximate surface area is 715 Å². The smallest absolute Gasteiger partial charge is 0.337 e. The first-order chi connectivity index (χ1) is 58.3. The third-order valence-electron chi connectivity index (χ3n) is 18.5. The number of ketones is 4. The summed E-state index contributed by atoms with van der Waals surface area (Å²) in [5.74, 6) is -2.18. The van der Waals surface area contributed by atoms with Gasteiger partial charge in [0.2, 0.25) is 10.0 Å². The van der Waals surface area contributed by atoms with Gasteiger partial charge in [0.15, 0.2) is 28.2 Å². The van der Waals surface area contributed by atoms with Crippen LogP contribution < -0.4 is 23.6 Å². The normalized spacial score (nSPS) is 12.0. The number of aryl methyl sites for hydroxylation is 1. The minimum absolute atomic E-state index is 0.0458. The van der Waals surface area contributed by atoms with Crippen molar-refractivity contribution in [2.75, 3.05) is 42.5 Å². The zero-order valence-corrected chi connectivity index (χ0v) is 71.6. The molecule has 1 aliphatic heterocycles. The molecule has 0 bridgehead atoms. The Morgan fingerprint density at radius 2 is 0.787 bits per heavy atom. The molecular formula is C89H82N10O16S7. The standard InChI is InChI=1S/C18H17N3O4S.C18H20N2O3S.2C18H15NO3S2.C17H15N3O3S/c22-18(23)16-7-6-15(14-4-2-1-3-5-14)12-17(16)20-26(24,25)11-10-21-9-8-19-13-21;1-14(21)17-10-9-16(15-7-3-2-4-8-15)13-18(17)19-24(22,23)20-11-5-6-12-20;1-13(20)16-10-9-15(14-6-3-2-4-7-14)12-17(16)19-24(21,22)18-8-5-11-23-18;1-13(20)17-8-7-15(14-5-3-2-4-6-14)11-18(17)19-24(21,22)16-9-10-23-12-16;1-12(21)15-8-7-14(13-5-3-2-4-6-13)9-16(15)20-24(22,23)17-10-18-11-19-17/h1-9,12-13,20H,10-11H2,(H,22,23);2-4,7-10,13,19H,5-6,11-12H2,1H3;2*2-12,19H,1H3;2-11,20H,1H3,(H,18,19). The van der Waals surface area contributed by atoms with Crippen molar-refractivity contribution in [2.45, 2.75) is 61.2 Å². The number of carboxylic acids is 1. The van der Waals surface area contributed by atoms with Crippen LogP contribution in [0.3, 0.4) is 0 Å². The van der Waals surface area contributed by atoms with Gasteiger partial charge in [-0.2, -0.15) is 32.5 Å². The zero-order valence-electron chi connectivity index (χ0n) is 65.9. The number of carboxylic acid groups (broad SMARTS) is 1. The molecule has 0 radical (unpaired) electrons. The Morgan fingerprint density at radius 3 is 1.12 bits per heavy atom. The number of anilines is 5. The van der Waals surface area contributed by atoms with Crippen LogP contribution in [-0.4, -0.2) is 119 Å². The highest BCUT2D eigenvalue weighted by atomic mass is 32.2. The molecule has 10 aromatic carbocycles. The Morgan fingerprint density at radius 1 is 0.410 bits per heavy atom. The fraction of sp³-hybridized carbons (Fsp3) is 0.112.